The Labute approximate surface area is 114 Å². The Morgan fingerprint density at radius 1 is 1.33 bits per heavy atom. The average molecular weight is 309 g/mol. The molecule has 0 fully saturated rings. The SMILES string of the molecule is COCc1ccc(C(=O)c2cccc(C)c2Br)o1. The van der Waals surface area contributed by atoms with Crippen LogP contribution in [0.5, 0.6) is 0 Å². The zero-order valence-electron chi connectivity index (χ0n) is 10.2. The maximum absolute atomic E-state index is 12.3. The number of halogens is 1. The summed E-state index contributed by atoms with van der Waals surface area (Å²) in [5, 5.41) is 0. The van der Waals surface area contributed by atoms with Gasteiger partial charge < -0.3 is 9.15 Å². The average Bonchev–Trinajstić information content (AvgIpc) is 2.81. The van der Waals surface area contributed by atoms with Crippen LogP contribution in [-0.2, 0) is 11.3 Å². The highest BCUT2D eigenvalue weighted by Crippen LogP contribution is 2.24. The highest BCUT2D eigenvalue weighted by Gasteiger charge is 2.17. The summed E-state index contributed by atoms with van der Waals surface area (Å²) in [6.07, 6.45) is 0. The summed E-state index contributed by atoms with van der Waals surface area (Å²) < 4.78 is 11.2. The number of hydrogen-bond acceptors (Lipinski definition) is 3. The quantitative estimate of drug-likeness (QED) is 0.808. The highest BCUT2D eigenvalue weighted by atomic mass is 79.9. The molecule has 0 unspecified atom stereocenters. The van der Waals surface area contributed by atoms with Crippen molar-refractivity contribution in [2.24, 2.45) is 0 Å². The Balaban J connectivity index is 2.32. The third kappa shape index (κ3) is 2.54. The fraction of sp³-hybridized carbons (Fsp3) is 0.214. The van der Waals surface area contributed by atoms with E-state index < -0.39 is 0 Å². The van der Waals surface area contributed by atoms with Crippen LogP contribution in [0.4, 0.5) is 0 Å². The molecular formula is C14H13BrO3. The maximum atomic E-state index is 12.3. The zero-order valence-corrected chi connectivity index (χ0v) is 11.8. The van der Waals surface area contributed by atoms with Gasteiger partial charge in [-0.05, 0) is 46.6 Å². The number of aryl methyl sites for hydroxylation is 1. The van der Waals surface area contributed by atoms with Crippen molar-refractivity contribution in [1.29, 1.82) is 0 Å². The van der Waals surface area contributed by atoms with E-state index >= 15 is 0 Å². The minimum Gasteiger partial charge on any atom is -0.455 e. The van der Waals surface area contributed by atoms with Gasteiger partial charge in [-0.2, -0.15) is 0 Å². The molecule has 2 aromatic rings. The number of hydrogen-bond donors (Lipinski definition) is 0. The molecule has 94 valence electrons. The summed E-state index contributed by atoms with van der Waals surface area (Å²) in [5.41, 5.74) is 1.62. The van der Waals surface area contributed by atoms with Crippen molar-refractivity contribution in [3.8, 4) is 0 Å². The molecule has 3 nitrogen and oxygen atoms in total. The van der Waals surface area contributed by atoms with E-state index in [1.54, 1.807) is 25.3 Å². The molecule has 18 heavy (non-hydrogen) atoms. The Hall–Kier alpha value is -1.39. The summed E-state index contributed by atoms with van der Waals surface area (Å²) in [6, 6.07) is 9.00. The van der Waals surface area contributed by atoms with Gasteiger partial charge in [0.15, 0.2) is 5.76 Å². The maximum Gasteiger partial charge on any atom is 0.229 e. The second-order valence-electron chi connectivity index (χ2n) is 3.96. The van der Waals surface area contributed by atoms with Crippen LogP contribution in [0.1, 0.15) is 27.4 Å². The van der Waals surface area contributed by atoms with Crippen LogP contribution >= 0.6 is 15.9 Å². The third-order valence-electron chi connectivity index (χ3n) is 2.61. The molecule has 1 aromatic carbocycles. The largest absolute Gasteiger partial charge is 0.455 e. The molecule has 0 saturated carbocycles. The van der Waals surface area contributed by atoms with E-state index in [0.717, 1.165) is 10.0 Å². The summed E-state index contributed by atoms with van der Waals surface area (Å²) in [4.78, 5) is 12.3. The van der Waals surface area contributed by atoms with E-state index in [1.807, 2.05) is 19.1 Å². The van der Waals surface area contributed by atoms with E-state index in [2.05, 4.69) is 15.9 Å². The number of benzene rings is 1. The number of furan rings is 1. The van der Waals surface area contributed by atoms with Crippen LogP contribution in [0.3, 0.4) is 0 Å². The van der Waals surface area contributed by atoms with Crippen molar-refractivity contribution in [1.82, 2.24) is 0 Å². The third-order valence-corrected chi connectivity index (χ3v) is 3.66. The first-order valence-electron chi connectivity index (χ1n) is 5.51. The van der Waals surface area contributed by atoms with Crippen LogP contribution in [0.2, 0.25) is 0 Å². The molecule has 0 aliphatic rings. The van der Waals surface area contributed by atoms with Crippen molar-refractivity contribution < 1.29 is 13.9 Å². The summed E-state index contributed by atoms with van der Waals surface area (Å²) in [5.74, 6) is 0.839. The molecule has 1 heterocycles. The molecule has 0 aliphatic heterocycles. The van der Waals surface area contributed by atoms with Crippen LogP contribution in [0.25, 0.3) is 0 Å². The van der Waals surface area contributed by atoms with Crippen molar-refractivity contribution in [2.75, 3.05) is 7.11 Å². The van der Waals surface area contributed by atoms with Crippen LogP contribution in [-0.4, -0.2) is 12.9 Å². The summed E-state index contributed by atoms with van der Waals surface area (Å²) in [6.45, 7) is 2.31. The zero-order chi connectivity index (χ0) is 13.1. The van der Waals surface area contributed by atoms with Gasteiger partial charge in [-0.1, -0.05) is 12.1 Å². The van der Waals surface area contributed by atoms with Gasteiger partial charge in [-0.25, -0.2) is 0 Å². The number of methoxy groups -OCH3 is 1. The standard InChI is InChI=1S/C14H13BrO3/c1-9-4-3-5-11(13(9)15)14(16)12-7-6-10(18-12)8-17-2/h3-7H,8H2,1-2H3. The topological polar surface area (TPSA) is 39.4 Å². The summed E-state index contributed by atoms with van der Waals surface area (Å²) >= 11 is 3.43. The van der Waals surface area contributed by atoms with Gasteiger partial charge in [0.05, 0.1) is 0 Å². The molecule has 0 saturated heterocycles. The predicted molar refractivity (Wildman–Crippen MR) is 71.7 cm³/mol. The first-order chi connectivity index (χ1) is 8.63. The number of carbonyl (C=O) groups is 1. The Morgan fingerprint density at radius 3 is 2.83 bits per heavy atom. The monoisotopic (exact) mass is 308 g/mol. The Bertz CT molecular complexity index is 572. The number of rotatable bonds is 4. The Kier molecular flexibility index (Phi) is 3.99. The predicted octanol–water partition coefficient (Wildman–Crippen LogP) is 3.73. The molecule has 0 atom stereocenters. The lowest BCUT2D eigenvalue weighted by Crippen LogP contribution is -2.01. The van der Waals surface area contributed by atoms with Gasteiger partial charge in [-0.3, -0.25) is 4.79 Å². The normalized spacial score (nSPS) is 10.6. The fourth-order valence-corrected chi connectivity index (χ4v) is 2.12. The van der Waals surface area contributed by atoms with Gasteiger partial charge >= 0.3 is 0 Å². The lowest BCUT2D eigenvalue weighted by atomic mass is 10.1. The molecule has 2 rings (SSSR count). The highest BCUT2D eigenvalue weighted by molar-refractivity contribution is 9.10. The minimum absolute atomic E-state index is 0.132. The van der Waals surface area contributed by atoms with Gasteiger partial charge in [0.25, 0.3) is 0 Å². The van der Waals surface area contributed by atoms with E-state index in [4.69, 9.17) is 9.15 Å². The van der Waals surface area contributed by atoms with Crippen LogP contribution in [0.15, 0.2) is 39.2 Å². The van der Waals surface area contributed by atoms with Crippen molar-refractivity contribution in [3.05, 3.63) is 57.5 Å². The smallest absolute Gasteiger partial charge is 0.229 e. The van der Waals surface area contributed by atoms with E-state index in [1.165, 1.54) is 0 Å². The van der Waals surface area contributed by atoms with Gasteiger partial charge in [0.2, 0.25) is 5.78 Å². The lowest BCUT2D eigenvalue weighted by Gasteiger charge is -2.04. The van der Waals surface area contributed by atoms with Gasteiger partial charge in [0.1, 0.15) is 12.4 Å². The van der Waals surface area contributed by atoms with Gasteiger partial charge in [0, 0.05) is 17.1 Å². The first-order valence-corrected chi connectivity index (χ1v) is 6.30. The fourth-order valence-electron chi connectivity index (χ4n) is 1.68. The van der Waals surface area contributed by atoms with E-state index in [0.29, 0.717) is 23.7 Å². The van der Waals surface area contributed by atoms with Crippen molar-refractivity contribution in [2.45, 2.75) is 13.5 Å². The number of ketones is 1. The lowest BCUT2D eigenvalue weighted by molar-refractivity contribution is 0.0999. The van der Waals surface area contributed by atoms with Crippen LogP contribution in [0, 0.1) is 6.92 Å². The minimum atomic E-state index is -0.132. The van der Waals surface area contributed by atoms with Crippen molar-refractivity contribution >= 4 is 21.7 Å². The van der Waals surface area contributed by atoms with Crippen molar-refractivity contribution in [3.63, 3.8) is 0 Å². The van der Waals surface area contributed by atoms with Gasteiger partial charge in [-0.15, -0.1) is 0 Å². The molecule has 0 spiro atoms. The molecule has 4 heteroatoms. The molecular weight excluding hydrogens is 296 g/mol. The summed E-state index contributed by atoms with van der Waals surface area (Å²) in [7, 11) is 1.58. The van der Waals surface area contributed by atoms with E-state index in [-0.39, 0.29) is 5.78 Å². The molecule has 0 bridgehead atoms. The molecule has 0 radical (unpaired) electrons. The second-order valence-corrected chi connectivity index (χ2v) is 4.76. The molecule has 1 aromatic heterocycles. The van der Waals surface area contributed by atoms with E-state index in [9.17, 15) is 4.79 Å². The molecule has 0 aliphatic carbocycles. The molecule has 0 amide bonds. The van der Waals surface area contributed by atoms with Crippen LogP contribution < -0.4 is 0 Å². The second kappa shape index (κ2) is 5.50. The Morgan fingerprint density at radius 2 is 2.11 bits per heavy atom. The first kappa shape index (κ1) is 13.1. The number of ether oxygens (including phenoxy) is 1. The molecule has 0 N–H and O–H groups in total. The number of carbonyl (C=O) groups excluding carboxylic acids is 1.